The highest BCUT2D eigenvalue weighted by molar-refractivity contribution is 7.18. The normalized spacial score (nSPS) is 11.0. The predicted octanol–water partition coefficient (Wildman–Crippen LogP) is 3.80. The zero-order chi connectivity index (χ0) is 17.4. The second kappa shape index (κ2) is 6.10. The Labute approximate surface area is 147 Å². The first-order chi connectivity index (χ1) is 12.1. The van der Waals surface area contributed by atoms with E-state index in [4.69, 9.17) is 0 Å². The van der Waals surface area contributed by atoms with Gasteiger partial charge in [0.25, 0.3) is 5.56 Å². The number of hydrogen-bond acceptors (Lipinski definition) is 6. The summed E-state index contributed by atoms with van der Waals surface area (Å²) in [5, 5.41) is 3.64. The van der Waals surface area contributed by atoms with Gasteiger partial charge in [-0.1, -0.05) is 30.3 Å². The number of thiophene rings is 1. The number of aromatic amines is 1. The lowest BCUT2D eigenvalue weighted by atomic mass is 10.1. The van der Waals surface area contributed by atoms with E-state index in [9.17, 15) is 4.79 Å². The van der Waals surface area contributed by atoms with Crippen LogP contribution in [-0.4, -0.2) is 19.9 Å². The Bertz CT molecular complexity index is 1120. The maximum absolute atomic E-state index is 12.3. The Kier molecular flexibility index (Phi) is 3.77. The van der Waals surface area contributed by atoms with Crippen LogP contribution in [0.4, 0.5) is 11.9 Å². The molecule has 0 radical (unpaired) electrons. The molecule has 3 aromatic heterocycles. The summed E-state index contributed by atoms with van der Waals surface area (Å²) in [5.41, 5.74) is 2.61. The Hall–Kier alpha value is -3.06. The maximum atomic E-state index is 12.3. The number of hydrogen-bond donors (Lipinski definition) is 2. The summed E-state index contributed by atoms with van der Waals surface area (Å²) >= 11 is 1.51. The van der Waals surface area contributed by atoms with Crippen LogP contribution in [0.15, 0.2) is 47.4 Å². The van der Waals surface area contributed by atoms with Crippen molar-refractivity contribution in [3.8, 4) is 11.3 Å². The first-order valence-electron chi connectivity index (χ1n) is 7.77. The van der Waals surface area contributed by atoms with Crippen molar-refractivity contribution in [2.75, 3.05) is 5.32 Å². The zero-order valence-electron chi connectivity index (χ0n) is 13.7. The first kappa shape index (κ1) is 15.5. The summed E-state index contributed by atoms with van der Waals surface area (Å²) in [4.78, 5) is 30.1. The van der Waals surface area contributed by atoms with Crippen molar-refractivity contribution in [2.45, 2.75) is 13.8 Å². The zero-order valence-corrected chi connectivity index (χ0v) is 14.5. The topological polar surface area (TPSA) is 83.6 Å². The molecular weight excluding hydrogens is 334 g/mol. The van der Waals surface area contributed by atoms with E-state index in [1.165, 1.54) is 11.3 Å². The molecule has 0 bridgehead atoms. The molecular formula is C18H15N5OS. The van der Waals surface area contributed by atoms with Gasteiger partial charge in [0, 0.05) is 16.6 Å². The van der Waals surface area contributed by atoms with Gasteiger partial charge in [-0.05, 0) is 25.5 Å². The summed E-state index contributed by atoms with van der Waals surface area (Å²) in [7, 11) is 0. The fraction of sp³-hybridized carbons (Fsp3) is 0.111. The molecule has 4 rings (SSSR count). The molecule has 0 saturated heterocycles. The van der Waals surface area contributed by atoms with Gasteiger partial charge in [-0.15, -0.1) is 11.3 Å². The minimum absolute atomic E-state index is 0.159. The molecule has 0 fully saturated rings. The second-order valence-electron chi connectivity index (χ2n) is 5.63. The highest BCUT2D eigenvalue weighted by atomic mass is 32.1. The molecule has 0 amide bonds. The lowest BCUT2D eigenvalue weighted by Gasteiger charge is -2.06. The van der Waals surface area contributed by atoms with Crippen molar-refractivity contribution in [3.05, 3.63) is 63.4 Å². The van der Waals surface area contributed by atoms with Gasteiger partial charge in [0.05, 0.1) is 11.1 Å². The van der Waals surface area contributed by atoms with E-state index < -0.39 is 0 Å². The summed E-state index contributed by atoms with van der Waals surface area (Å²) < 4.78 is 0. The fourth-order valence-corrected chi connectivity index (χ4v) is 3.64. The van der Waals surface area contributed by atoms with E-state index in [-0.39, 0.29) is 5.56 Å². The highest BCUT2D eigenvalue weighted by Crippen LogP contribution is 2.26. The number of nitrogens with zero attached hydrogens (tertiary/aromatic N) is 3. The Balaban J connectivity index is 1.71. The third-order valence-corrected chi connectivity index (χ3v) is 5.10. The number of rotatable bonds is 3. The van der Waals surface area contributed by atoms with E-state index >= 15 is 0 Å². The minimum atomic E-state index is -0.159. The molecule has 0 saturated carbocycles. The van der Waals surface area contributed by atoms with Crippen LogP contribution >= 0.6 is 11.3 Å². The van der Waals surface area contributed by atoms with Gasteiger partial charge in [-0.3, -0.25) is 15.1 Å². The molecule has 2 N–H and O–H groups in total. The number of nitrogens with one attached hydrogen (secondary N) is 2. The van der Waals surface area contributed by atoms with Crippen molar-refractivity contribution in [2.24, 2.45) is 0 Å². The van der Waals surface area contributed by atoms with Crippen LogP contribution in [0, 0.1) is 13.8 Å². The number of H-pyrrole nitrogens is 1. The van der Waals surface area contributed by atoms with Crippen molar-refractivity contribution in [1.82, 2.24) is 19.9 Å². The Morgan fingerprint density at radius 1 is 1.08 bits per heavy atom. The van der Waals surface area contributed by atoms with Gasteiger partial charge < -0.3 is 0 Å². The molecule has 124 valence electrons. The van der Waals surface area contributed by atoms with E-state index in [1.807, 2.05) is 50.2 Å². The van der Waals surface area contributed by atoms with Crippen molar-refractivity contribution >= 4 is 33.5 Å². The SMILES string of the molecule is Cc1sc2nc(Nc3nccc(-c4ccccc4)n3)[nH]c(=O)c2c1C. The Morgan fingerprint density at radius 3 is 2.68 bits per heavy atom. The first-order valence-corrected chi connectivity index (χ1v) is 8.59. The lowest BCUT2D eigenvalue weighted by Crippen LogP contribution is -2.11. The van der Waals surface area contributed by atoms with Gasteiger partial charge >= 0.3 is 0 Å². The number of fused-ring (bicyclic) bond motifs is 1. The molecule has 1 aromatic carbocycles. The van der Waals surface area contributed by atoms with Crippen LogP contribution in [0.2, 0.25) is 0 Å². The summed E-state index contributed by atoms with van der Waals surface area (Å²) in [5.74, 6) is 0.720. The molecule has 0 aliphatic heterocycles. The van der Waals surface area contributed by atoms with Crippen molar-refractivity contribution < 1.29 is 0 Å². The van der Waals surface area contributed by atoms with E-state index in [0.29, 0.717) is 22.1 Å². The number of benzene rings is 1. The fourth-order valence-electron chi connectivity index (χ4n) is 2.61. The average Bonchev–Trinajstić information content (AvgIpc) is 2.90. The predicted molar refractivity (Wildman–Crippen MR) is 100 cm³/mol. The highest BCUT2D eigenvalue weighted by Gasteiger charge is 2.12. The van der Waals surface area contributed by atoms with Gasteiger partial charge in [-0.2, -0.15) is 0 Å². The molecule has 0 unspecified atom stereocenters. The van der Waals surface area contributed by atoms with Crippen LogP contribution in [0.1, 0.15) is 10.4 Å². The van der Waals surface area contributed by atoms with E-state index in [0.717, 1.165) is 21.7 Å². The summed E-state index contributed by atoms with van der Waals surface area (Å²) in [6, 6.07) is 11.7. The molecule has 0 aliphatic carbocycles. The van der Waals surface area contributed by atoms with Crippen LogP contribution < -0.4 is 10.9 Å². The average molecular weight is 349 g/mol. The van der Waals surface area contributed by atoms with Crippen molar-refractivity contribution in [1.29, 1.82) is 0 Å². The van der Waals surface area contributed by atoms with Crippen molar-refractivity contribution in [3.63, 3.8) is 0 Å². The molecule has 0 atom stereocenters. The second-order valence-corrected chi connectivity index (χ2v) is 6.84. The molecule has 0 aliphatic rings. The molecule has 3 heterocycles. The molecule has 4 aromatic rings. The molecule has 25 heavy (non-hydrogen) atoms. The lowest BCUT2D eigenvalue weighted by molar-refractivity contribution is 1.11. The van der Waals surface area contributed by atoms with E-state index in [2.05, 4.69) is 25.3 Å². The van der Waals surface area contributed by atoms with Gasteiger partial charge in [0.2, 0.25) is 11.9 Å². The quantitative estimate of drug-likeness (QED) is 0.588. The van der Waals surface area contributed by atoms with Crippen LogP contribution in [0.25, 0.3) is 21.5 Å². The van der Waals surface area contributed by atoms with Gasteiger partial charge in [-0.25, -0.2) is 15.0 Å². The smallest absolute Gasteiger partial charge is 0.261 e. The van der Waals surface area contributed by atoms with Crippen LogP contribution in [0.3, 0.4) is 0 Å². The molecule has 7 heteroatoms. The number of aromatic nitrogens is 4. The molecule has 6 nitrogen and oxygen atoms in total. The monoisotopic (exact) mass is 349 g/mol. The number of anilines is 2. The van der Waals surface area contributed by atoms with Gasteiger partial charge in [0.15, 0.2) is 0 Å². The third-order valence-electron chi connectivity index (χ3n) is 3.99. The molecule has 0 spiro atoms. The number of aryl methyl sites for hydroxylation is 2. The minimum Gasteiger partial charge on any atom is -0.294 e. The van der Waals surface area contributed by atoms with Gasteiger partial charge in [0.1, 0.15) is 4.83 Å². The van der Waals surface area contributed by atoms with Crippen LogP contribution in [-0.2, 0) is 0 Å². The van der Waals surface area contributed by atoms with E-state index in [1.54, 1.807) is 6.20 Å². The van der Waals surface area contributed by atoms with Crippen LogP contribution in [0.5, 0.6) is 0 Å². The Morgan fingerprint density at radius 2 is 1.88 bits per heavy atom. The summed E-state index contributed by atoms with van der Waals surface area (Å²) in [6.07, 6.45) is 1.67. The maximum Gasteiger partial charge on any atom is 0.261 e. The third kappa shape index (κ3) is 2.89. The largest absolute Gasteiger partial charge is 0.294 e. The summed E-state index contributed by atoms with van der Waals surface area (Å²) in [6.45, 7) is 3.92. The standard InChI is InChI=1S/C18H15N5OS/c1-10-11(2)25-16-14(10)15(24)21-18(22-16)23-17-19-9-8-13(20-17)12-6-4-3-5-7-12/h3-9H,1-2H3,(H2,19,20,21,22,23,24).